The molecule has 0 amide bonds. The lowest BCUT2D eigenvalue weighted by atomic mass is 9.96. The van der Waals surface area contributed by atoms with Gasteiger partial charge in [0.05, 0.1) is 5.69 Å². The molecule has 1 atom stereocenters. The van der Waals surface area contributed by atoms with Crippen LogP contribution in [0.1, 0.15) is 54.8 Å². The molecule has 0 bridgehead atoms. The second-order valence-corrected chi connectivity index (χ2v) is 6.41. The molecule has 128 valence electrons. The lowest BCUT2D eigenvalue weighted by Crippen LogP contribution is -2.35. The molecule has 0 aliphatic carbocycles. The van der Waals surface area contributed by atoms with E-state index in [-0.39, 0.29) is 0 Å². The molecule has 5 heteroatoms. The third-order valence-electron chi connectivity index (χ3n) is 4.42. The van der Waals surface area contributed by atoms with Crippen molar-refractivity contribution in [1.29, 1.82) is 0 Å². The largest absolute Gasteiger partial charge is 0.466 e. The Labute approximate surface area is 138 Å². The maximum absolute atomic E-state index is 10.8. The van der Waals surface area contributed by atoms with Crippen molar-refractivity contribution in [2.45, 2.75) is 59.6 Å². The van der Waals surface area contributed by atoms with Gasteiger partial charge < -0.3 is 14.8 Å². The number of nitrogens with zero attached hydrogens (tertiary/aromatic N) is 2. The van der Waals surface area contributed by atoms with Gasteiger partial charge in [0.1, 0.15) is 17.1 Å². The SMILES string of the molecule is CCc1nn(C)c(CC)c1CNCC(C)(O)c1cc(C)oc1C. The minimum atomic E-state index is -0.956. The van der Waals surface area contributed by atoms with E-state index in [9.17, 15) is 5.11 Å². The molecule has 1 unspecified atom stereocenters. The molecule has 0 saturated heterocycles. The van der Waals surface area contributed by atoms with E-state index in [1.165, 1.54) is 11.3 Å². The zero-order valence-corrected chi connectivity index (χ0v) is 15.2. The number of aliphatic hydroxyl groups is 1. The van der Waals surface area contributed by atoms with Gasteiger partial charge >= 0.3 is 0 Å². The fourth-order valence-corrected chi connectivity index (χ4v) is 3.29. The predicted octanol–water partition coefficient (Wildman–Crippen LogP) is 2.75. The van der Waals surface area contributed by atoms with E-state index in [4.69, 9.17) is 4.42 Å². The van der Waals surface area contributed by atoms with Crippen LogP contribution >= 0.6 is 0 Å². The molecule has 2 aromatic heterocycles. The van der Waals surface area contributed by atoms with Crippen LogP contribution in [0.2, 0.25) is 0 Å². The highest BCUT2D eigenvalue weighted by atomic mass is 16.3. The maximum Gasteiger partial charge on any atom is 0.107 e. The van der Waals surface area contributed by atoms with Crippen molar-refractivity contribution in [3.05, 3.63) is 40.1 Å². The van der Waals surface area contributed by atoms with Gasteiger partial charge in [0, 0.05) is 37.0 Å². The Hall–Kier alpha value is -1.59. The van der Waals surface area contributed by atoms with Gasteiger partial charge in [0.2, 0.25) is 0 Å². The minimum Gasteiger partial charge on any atom is -0.466 e. The second kappa shape index (κ2) is 6.89. The molecule has 2 rings (SSSR count). The summed E-state index contributed by atoms with van der Waals surface area (Å²) < 4.78 is 7.51. The van der Waals surface area contributed by atoms with Crippen LogP contribution < -0.4 is 5.32 Å². The average molecular weight is 319 g/mol. The van der Waals surface area contributed by atoms with Gasteiger partial charge in [-0.1, -0.05) is 13.8 Å². The number of nitrogens with one attached hydrogen (secondary N) is 1. The van der Waals surface area contributed by atoms with Crippen LogP contribution in [0.3, 0.4) is 0 Å². The Bertz CT molecular complexity index is 668. The Balaban J connectivity index is 2.09. The number of aryl methyl sites for hydroxylation is 4. The lowest BCUT2D eigenvalue weighted by molar-refractivity contribution is 0.0551. The second-order valence-electron chi connectivity index (χ2n) is 6.41. The number of aromatic nitrogens is 2. The molecule has 2 heterocycles. The van der Waals surface area contributed by atoms with Crippen LogP contribution in [0.5, 0.6) is 0 Å². The van der Waals surface area contributed by atoms with Gasteiger partial charge in [0.25, 0.3) is 0 Å². The molecule has 0 aliphatic rings. The van der Waals surface area contributed by atoms with E-state index in [0.29, 0.717) is 13.1 Å². The zero-order chi connectivity index (χ0) is 17.2. The lowest BCUT2D eigenvalue weighted by Gasteiger charge is -2.23. The molecule has 5 nitrogen and oxygen atoms in total. The summed E-state index contributed by atoms with van der Waals surface area (Å²) in [6.45, 7) is 11.1. The van der Waals surface area contributed by atoms with Gasteiger partial charge in [-0.15, -0.1) is 0 Å². The fraction of sp³-hybridized carbons (Fsp3) is 0.611. The Morgan fingerprint density at radius 3 is 2.52 bits per heavy atom. The monoisotopic (exact) mass is 319 g/mol. The summed E-state index contributed by atoms with van der Waals surface area (Å²) in [6, 6.07) is 1.91. The van der Waals surface area contributed by atoms with Crippen molar-refractivity contribution in [2.24, 2.45) is 7.05 Å². The first kappa shape index (κ1) is 17.8. The zero-order valence-electron chi connectivity index (χ0n) is 15.2. The molecule has 0 spiro atoms. The summed E-state index contributed by atoms with van der Waals surface area (Å²) in [7, 11) is 2.00. The van der Waals surface area contributed by atoms with Crippen molar-refractivity contribution in [2.75, 3.05) is 6.54 Å². The molecule has 2 aromatic rings. The quantitative estimate of drug-likeness (QED) is 0.824. The Morgan fingerprint density at radius 2 is 2.00 bits per heavy atom. The number of furan rings is 1. The van der Waals surface area contributed by atoms with Gasteiger partial charge in [-0.2, -0.15) is 5.10 Å². The van der Waals surface area contributed by atoms with Crippen LogP contribution in [-0.4, -0.2) is 21.4 Å². The van der Waals surface area contributed by atoms with Crippen LogP contribution in [0.15, 0.2) is 10.5 Å². The van der Waals surface area contributed by atoms with Crippen molar-refractivity contribution in [1.82, 2.24) is 15.1 Å². The topological polar surface area (TPSA) is 63.2 Å². The van der Waals surface area contributed by atoms with E-state index in [0.717, 1.165) is 35.6 Å². The van der Waals surface area contributed by atoms with Crippen LogP contribution in [0.4, 0.5) is 0 Å². The standard InChI is InChI=1S/C18H29N3O2/c1-7-16-14(17(8-2)21(6)20-16)10-19-11-18(5,22)15-9-12(3)23-13(15)4/h9,19,22H,7-8,10-11H2,1-6H3. The summed E-state index contributed by atoms with van der Waals surface area (Å²) in [6.07, 6.45) is 1.87. The summed E-state index contributed by atoms with van der Waals surface area (Å²) in [5, 5.41) is 18.8. The van der Waals surface area contributed by atoms with Crippen molar-refractivity contribution >= 4 is 0 Å². The summed E-state index contributed by atoms with van der Waals surface area (Å²) in [5.41, 5.74) is 3.53. The molecule has 0 fully saturated rings. The van der Waals surface area contributed by atoms with E-state index < -0.39 is 5.60 Å². The van der Waals surface area contributed by atoms with E-state index >= 15 is 0 Å². The number of rotatable bonds is 7. The molecule has 23 heavy (non-hydrogen) atoms. The minimum absolute atomic E-state index is 0.466. The van der Waals surface area contributed by atoms with Gasteiger partial charge in [-0.05, 0) is 39.7 Å². The molecule has 0 radical (unpaired) electrons. The van der Waals surface area contributed by atoms with Crippen molar-refractivity contribution in [3.8, 4) is 0 Å². The van der Waals surface area contributed by atoms with Gasteiger partial charge in [-0.25, -0.2) is 0 Å². The highest BCUT2D eigenvalue weighted by molar-refractivity contribution is 5.28. The molecule has 2 N–H and O–H groups in total. The summed E-state index contributed by atoms with van der Waals surface area (Å²) in [4.78, 5) is 0. The van der Waals surface area contributed by atoms with Gasteiger partial charge in [0.15, 0.2) is 0 Å². The third-order valence-corrected chi connectivity index (χ3v) is 4.42. The Kier molecular flexibility index (Phi) is 5.32. The van der Waals surface area contributed by atoms with E-state index in [2.05, 4.69) is 24.3 Å². The first-order valence-electron chi connectivity index (χ1n) is 8.34. The number of hydrogen-bond donors (Lipinski definition) is 2. The van der Waals surface area contributed by atoms with Crippen LogP contribution in [0.25, 0.3) is 0 Å². The molecule has 0 saturated carbocycles. The summed E-state index contributed by atoms with van der Waals surface area (Å²) in [5.74, 6) is 1.60. The molecule has 0 aliphatic heterocycles. The smallest absolute Gasteiger partial charge is 0.107 e. The van der Waals surface area contributed by atoms with Gasteiger partial charge in [-0.3, -0.25) is 4.68 Å². The summed E-state index contributed by atoms with van der Waals surface area (Å²) >= 11 is 0. The highest BCUT2D eigenvalue weighted by Crippen LogP contribution is 2.26. The normalized spacial score (nSPS) is 14.2. The molecular formula is C18H29N3O2. The molecular weight excluding hydrogens is 290 g/mol. The Morgan fingerprint density at radius 1 is 1.30 bits per heavy atom. The fourth-order valence-electron chi connectivity index (χ4n) is 3.29. The average Bonchev–Trinajstić information content (AvgIpc) is 2.98. The maximum atomic E-state index is 10.8. The predicted molar refractivity (Wildman–Crippen MR) is 91.4 cm³/mol. The first-order chi connectivity index (χ1) is 10.8. The van der Waals surface area contributed by atoms with E-state index in [1.807, 2.05) is 38.6 Å². The highest BCUT2D eigenvalue weighted by Gasteiger charge is 2.27. The van der Waals surface area contributed by atoms with Crippen molar-refractivity contribution in [3.63, 3.8) is 0 Å². The van der Waals surface area contributed by atoms with Crippen LogP contribution in [-0.2, 0) is 32.0 Å². The van der Waals surface area contributed by atoms with Crippen molar-refractivity contribution < 1.29 is 9.52 Å². The van der Waals surface area contributed by atoms with E-state index in [1.54, 1.807) is 0 Å². The number of hydrogen-bond acceptors (Lipinski definition) is 4. The van der Waals surface area contributed by atoms with Crippen LogP contribution in [0, 0.1) is 13.8 Å². The third kappa shape index (κ3) is 3.67. The first-order valence-corrected chi connectivity index (χ1v) is 8.34. The molecule has 0 aromatic carbocycles.